The number of ether oxygens (including phenoxy) is 1. The Kier molecular flexibility index (Phi) is 4.88. The number of anilines is 1. The second-order valence-electron chi connectivity index (χ2n) is 6.59. The molecule has 0 radical (unpaired) electrons. The Morgan fingerprint density at radius 1 is 1.14 bits per heavy atom. The molecule has 0 saturated heterocycles. The molecule has 0 aliphatic heterocycles. The lowest BCUT2D eigenvalue weighted by atomic mass is 10.1. The fourth-order valence-corrected chi connectivity index (χ4v) is 4.13. The largest absolute Gasteiger partial charge is 0.480 e. The predicted octanol–water partition coefficient (Wildman–Crippen LogP) is 4.55. The number of rotatable bonds is 5. The van der Waals surface area contributed by atoms with Crippen molar-refractivity contribution in [1.29, 1.82) is 0 Å². The average molecular weight is 392 g/mol. The number of benzene rings is 3. The lowest BCUT2D eigenvalue weighted by Crippen LogP contribution is -2.32. The van der Waals surface area contributed by atoms with E-state index < -0.39 is 6.10 Å². The molecule has 1 N–H and O–H groups in total. The van der Waals surface area contributed by atoms with Gasteiger partial charge < -0.3 is 14.6 Å². The highest BCUT2D eigenvalue weighted by molar-refractivity contribution is 7.16. The Hall–Kier alpha value is -3.12. The third-order valence-corrected chi connectivity index (χ3v) is 5.74. The summed E-state index contributed by atoms with van der Waals surface area (Å²) < 4.78 is 8.50. The maximum atomic E-state index is 12.8. The van der Waals surface area contributed by atoms with Crippen molar-refractivity contribution in [2.45, 2.75) is 19.4 Å². The number of nitrogens with zero attached hydrogens (tertiary/aromatic N) is 1. The Morgan fingerprint density at radius 2 is 1.93 bits per heavy atom. The molecule has 5 nitrogen and oxygen atoms in total. The first-order valence-electron chi connectivity index (χ1n) is 9.11. The third kappa shape index (κ3) is 3.39. The minimum absolute atomic E-state index is 0.0239. The summed E-state index contributed by atoms with van der Waals surface area (Å²) in [5, 5.41) is 4.96. The van der Waals surface area contributed by atoms with E-state index in [0.717, 1.165) is 32.3 Å². The Morgan fingerprint density at radius 3 is 2.75 bits per heavy atom. The molecule has 0 unspecified atom stereocenters. The van der Waals surface area contributed by atoms with E-state index in [1.165, 1.54) is 0 Å². The molecule has 4 aromatic rings. The van der Waals surface area contributed by atoms with Gasteiger partial charge in [0.25, 0.3) is 5.91 Å². The summed E-state index contributed by atoms with van der Waals surface area (Å²) in [6.07, 6.45) is -0.0771. The Labute approximate surface area is 166 Å². The molecule has 0 aliphatic carbocycles. The molecule has 6 heteroatoms. The van der Waals surface area contributed by atoms with E-state index >= 15 is 0 Å². The van der Waals surface area contributed by atoms with Crippen LogP contribution in [0.5, 0.6) is 5.75 Å². The normalized spacial score (nSPS) is 12.2. The summed E-state index contributed by atoms with van der Waals surface area (Å²) in [5.41, 5.74) is 1.51. The number of hydrogen-bond donors (Lipinski definition) is 1. The first kappa shape index (κ1) is 18.3. The number of aryl methyl sites for hydroxylation is 1. The zero-order valence-electron chi connectivity index (χ0n) is 15.6. The van der Waals surface area contributed by atoms with Crippen molar-refractivity contribution in [3.8, 4) is 5.75 Å². The van der Waals surface area contributed by atoms with Gasteiger partial charge in [-0.25, -0.2) is 0 Å². The molecule has 0 fully saturated rings. The van der Waals surface area contributed by atoms with Gasteiger partial charge in [-0.15, -0.1) is 0 Å². The van der Waals surface area contributed by atoms with Crippen LogP contribution in [0.1, 0.15) is 13.3 Å². The summed E-state index contributed by atoms with van der Waals surface area (Å²) in [6, 6.07) is 19.2. The first-order chi connectivity index (χ1) is 13.6. The molecule has 4 rings (SSSR count). The minimum atomic E-state index is -0.615. The SMILES string of the molecule is CC[C@@H](Oc1cccc2ccccc12)C(=O)Nc1ccc2c(c1)sc(=O)n2C. The van der Waals surface area contributed by atoms with E-state index in [9.17, 15) is 9.59 Å². The number of hydrogen-bond acceptors (Lipinski definition) is 4. The molecule has 3 aromatic carbocycles. The van der Waals surface area contributed by atoms with Gasteiger partial charge in [0.05, 0.1) is 10.2 Å². The van der Waals surface area contributed by atoms with Gasteiger partial charge in [-0.2, -0.15) is 0 Å². The van der Waals surface area contributed by atoms with Crippen molar-refractivity contribution in [2.75, 3.05) is 5.32 Å². The van der Waals surface area contributed by atoms with Crippen molar-refractivity contribution in [3.63, 3.8) is 0 Å². The predicted molar refractivity (Wildman–Crippen MR) is 114 cm³/mol. The Bertz CT molecular complexity index is 1220. The van der Waals surface area contributed by atoms with Gasteiger partial charge in [0.15, 0.2) is 6.10 Å². The molecule has 0 aliphatic rings. The molecule has 1 heterocycles. The van der Waals surface area contributed by atoms with E-state index in [-0.39, 0.29) is 10.8 Å². The lowest BCUT2D eigenvalue weighted by molar-refractivity contribution is -0.122. The van der Waals surface area contributed by atoms with E-state index in [0.29, 0.717) is 17.9 Å². The molecule has 28 heavy (non-hydrogen) atoms. The van der Waals surface area contributed by atoms with Gasteiger partial charge in [-0.05, 0) is 36.1 Å². The van der Waals surface area contributed by atoms with Crippen molar-refractivity contribution in [1.82, 2.24) is 4.57 Å². The zero-order valence-corrected chi connectivity index (χ0v) is 16.5. The highest BCUT2D eigenvalue weighted by Crippen LogP contribution is 2.27. The number of nitrogens with one attached hydrogen (secondary N) is 1. The van der Waals surface area contributed by atoms with Crippen LogP contribution in [0.3, 0.4) is 0 Å². The van der Waals surface area contributed by atoms with Crippen LogP contribution in [-0.4, -0.2) is 16.6 Å². The molecule has 1 amide bonds. The monoisotopic (exact) mass is 392 g/mol. The standard InChI is InChI=1S/C22H20N2O3S/c1-3-18(27-19-10-6-8-14-7-4-5-9-16(14)19)21(25)23-15-11-12-17-20(13-15)28-22(26)24(17)2/h4-13,18H,3H2,1-2H3,(H,23,25)/t18-/m1/s1. The quantitative estimate of drug-likeness (QED) is 0.542. The highest BCUT2D eigenvalue weighted by atomic mass is 32.1. The number of amides is 1. The number of carbonyl (C=O) groups excluding carboxylic acids is 1. The second kappa shape index (κ2) is 7.48. The van der Waals surface area contributed by atoms with Crippen molar-refractivity contribution in [2.24, 2.45) is 7.05 Å². The van der Waals surface area contributed by atoms with Crippen molar-refractivity contribution in [3.05, 3.63) is 70.3 Å². The van der Waals surface area contributed by atoms with Crippen LogP contribution in [0.2, 0.25) is 0 Å². The number of fused-ring (bicyclic) bond motifs is 2. The summed E-state index contributed by atoms with van der Waals surface area (Å²) in [5.74, 6) is 0.481. The van der Waals surface area contributed by atoms with Gasteiger partial charge in [0, 0.05) is 18.1 Å². The smallest absolute Gasteiger partial charge is 0.307 e. The summed E-state index contributed by atoms with van der Waals surface area (Å²) in [6.45, 7) is 1.92. The topological polar surface area (TPSA) is 60.3 Å². The third-order valence-electron chi connectivity index (χ3n) is 4.74. The summed E-state index contributed by atoms with van der Waals surface area (Å²) in [7, 11) is 1.74. The molecule has 0 saturated carbocycles. The molecule has 1 atom stereocenters. The maximum absolute atomic E-state index is 12.8. The van der Waals surface area contributed by atoms with Gasteiger partial charge in [-0.3, -0.25) is 9.59 Å². The lowest BCUT2D eigenvalue weighted by Gasteiger charge is -2.18. The molecular formula is C22H20N2O3S. The van der Waals surface area contributed by atoms with Crippen molar-refractivity contribution >= 4 is 43.9 Å². The van der Waals surface area contributed by atoms with Crippen LogP contribution in [-0.2, 0) is 11.8 Å². The Balaban J connectivity index is 1.56. The molecular weight excluding hydrogens is 372 g/mol. The summed E-state index contributed by atoms with van der Waals surface area (Å²) >= 11 is 1.16. The van der Waals surface area contributed by atoms with E-state index in [1.807, 2.05) is 61.5 Å². The first-order valence-corrected chi connectivity index (χ1v) is 9.93. The number of aromatic nitrogens is 1. The molecule has 1 aromatic heterocycles. The van der Waals surface area contributed by atoms with Crippen LogP contribution in [0.4, 0.5) is 5.69 Å². The average Bonchev–Trinajstić information content (AvgIpc) is 2.99. The van der Waals surface area contributed by atoms with Crippen LogP contribution in [0.25, 0.3) is 21.0 Å². The fourth-order valence-electron chi connectivity index (χ4n) is 3.21. The fraction of sp³-hybridized carbons (Fsp3) is 0.182. The van der Waals surface area contributed by atoms with Crippen molar-refractivity contribution < 1.29 is 9.53 Å². The molecule has 0 spiro atoms. The minimum Gasteiger partial charge on any atom is -0.480 e. The molecule has 142 valence electrons. The number of carbonyl (C=O) groups is 1. The van der Waals surface area contributed by atoms with E-state index in [2.05, 4.69) is 5.32 Å². The molecule has 0 bridgehead atoms. The van der Waals surface area contributed by atoms with Gasteiger partial charge in [0.2, 0.25) is 0 Å². The number of thiazole rings is 1. The second-order valence-corrected chi connectivity index (χ2v) is 7.58. The van der Waals surface area contributed by atoms with Crippen LogP contribution < -0.4 is 14.9 Å². The van der Waals surface area contributed by atoms with E-state index in [1.54, 1.807) is 17.7 Å². The zero-order chi connectivity index (χ0) is 19.7. The summed E-state index contributed by atoms with van der Waals surface area (Å²) in [4.78, 5) is 24.6. The van der Waals surface area contributed by atoms with Gasteiger partial charge in [0.1, 0.15) is 5.75 Å². The maximum Gasteiger partial charge on any atom is 0.307 e. The van der Waals surface area contributed by atoms with E-state index in [4.69, 9.17) is 4.74 Å². The van der Waals surface area contributed by atoms with Crippen LogP contribution in [0, 0.1) is 0 Å². The van der Waals surface area contributed by atoms with Crippen LogP contribution in [0.15, 0.2) is 65.5 Å². The van der Waals surface area contributed by atoms with Gasteiger partial charge in [-0.1, -0.05) is 54.7 Å². The van der Waals surface area contributed by atoms with Gasteiger partial charge >= 0.3 is 4.87 Å². The highest BCUT2D eigenvalue weighted by Gasteiger charge is 2.20. The van der Waals surface area contributed by atoms with Crippen LogP contribution >= 0.6 is 11.3 Å².